The monoisotopic (exact) mass is 347 g/mol. The molecule has 0 fully saturated rings. The van der Waals surface area contributed by atoms with E-state index in [2.05, 4.69) is 0 Å². The second-order valence-electron chi connectivity index (χ2n) is 6.09. The number of nitrogens with zero attached hydrogens (tertiary/aromatic N) is 1. The molecular weight excluding hydrogens is 326 g/mol. The van der Waals surface area contributed by atoms with Crippen molar-refractivity contribution in [2.45, 2.75) is 34.0 Å². The molecule has 1 heterocycles. The lowest BCUT2D eigenvalue weighted by atomic mass is 9.79. The van der Waals surface area contributed by atoms with Crippen molar-refractivity contribution in [1.82, 2.24) is 0 Å². The Balaban J connectivity index is 2.21. The summed E-state index contributed by atoms with van der Waals surface area (Å²) in [6.45, 7) is 7.24. The van der Waals surface area contributed by atoms with Gasteiger partial charge in [-0.1, -0.05) is 13.8 Å². The largest absolute Gasteiger partial charge is 0.465 e. The molecule has 0 saturated heterocycles. The molecule has 0 amide bonds. The van der Waals surface area contributed by atoms with Crippen LogP contribution >= 0.6 is 0 Å². The number of rotatable bonds is 6. The molecule has 2 atom stereocenters. The first-order valence-corrected chi connectivity index (χ1v) is 8.05. The highest BCUT2D eigenvalue weighted by molar-refractivity contribution is 5.90. The van der Waals surface area contributed by atoms with Gasteiger partial charge in [-0.25, -0.2) is 4.79 Å². The van der Waals surface area contributed by atoms with Gasteiger partial charge in [0.25, 0.3) is 0 Å². The molecule has 7 heteroatoms. The molecule has 0 saturated carbocycles. The summed E-state index contributed by atoms with van der Waals surface area (Å²) in [6, 6.07) is 6.66. The minimum absolute atomic E-state index is 0.183. The number of ether oxygens (including phenoxy) is 4. The van der Waals surface area contributed by atoms with E-state index in [1.165, 1.54) is 6.07 Å². The van der Waals surface area contributed by atoms with Gasteiger partial charge in [0.15, 0.2) is 17.4 Å². The average Bonchev–Trinajstić information content (AvgIpc) is 2.99. The van der Waals surface area contributed by atoms with Crippen LogP contribution in [0.1, 0.15) is 38.1 Å². The number of hydrogen-bond acceptors (Lipinski definition) is 7. The molecule has 1 aromatic rings. The Morgan fingerprint density at radius 2 is 1.84 bits per heavy atom. The summed E-state index contributed by atoms with van der Waals surface area (Å²) in [6.07, 6.45) is -0.867. The van der Waals surface area contributed by atoms with Gasteiger partial charge in [-0.2, -0.15) is 5.26 Å². The van der Waals surface area contributed by atoms with Crippen molar-refractivity contribution >= 4 is 11.9 Å². The Kier molecular flexibility index (Phi) is 5.52. The quantitative estimate of drug-likeness (QED) is 0.730. The molecule has 1 aromatic carbocycles. The van der Waals surface area contributed by atoms with Crippen molar-refractivity contribution < 1.29 is 28.5 Å². The number of fused-ring (bicyclic) bond motifs is 1. The van der Waals surface area contributed by atoms with Crippen LogP contribution in [-0.4, -0.2) is 31.4 Å². The normalized spacial score (nSPS) is 16.7. The first kappa shape index (κ1) is 18.6. The topological polar surface area (TPSA) is 94.9 Å². The van der Waals surface area contributed by atoms with Crippen LogP contribution in [0.5, 0.6) is 11.5 Å². The third-order valence-electron chi connectivity index (χ3n) is 3.93. The van der Waals surface area contributed by atoms with E-state index in [-0.39, 0.29) is 13.2 Å². The molecule has 7 nitrogen and oxygen atoms in total. The predicted molar refractivity (Wildman–Crippen MR) is 87.0 cm³/mol. The standard InChI is InChI=1S/C18H21NO6/c1-5-22-15(20)11-7-8-13-14(9-11)25-17(24-13)18(3,4)12(10-19)16(21)23-6-2/h7-9,12,17H,5-6H2,1-4H3. The zero-order chi connectivity index (χ0) is 18.6. The van der Waals surface area contributed by atoms with Crippen molar-refractivity contribution in [3.63, 3.8) is 0 Å². The van der Waals surface area contributed by atoms with Gasteiger partial charge in [-0.15, -0.1) is 0 Å². The van der Waals surface area contributed by atoms with Crippen LogP contribution in [0.2, 0.25) is 0 Å². The Labute approximate surface area is 146 Å². The van der Waals surface area contributed by atoms with E-state index < -0.39 is 29.6 Å². The fraction of sp³-hybridized carbons (Fsp3) is 0.500. The molecule has 0 aliphatic carbocycles. The summed E-state index contributed by atoms with van der Waals surface area (Å²) in [7, 11) is 0. The van der Waals surface area contributed by atoms with E-state index in [0.29, 0.717) is 17.1 Å². The highest BCUT2D eigenvalue weighted by atomic mass is 16.7. The van der Waals surface area contributed by atoms with E-state index in [1.54, 1.807) is 39.8 Å². The van der Waals surface area contributed by atoms with Crippen LogP contribution in [0, 0.1) is 22.7 Å². The third kappa shape index (κ3) is 3.68. The minimum Gasteiger partial charge on any atom is -0.465 e. The molecule has 2 unspecified atom stereocenters. The van der Waals surface area contributed by atoms with Crippen molar-refractivity contribution in [2.24, 2.45) is 11.3 Å². The summed E-state index contributed by atoms with van der Waals surface area (Å²) in [5.41, 5.74) is -0.630. The summed E-state index contributed by atoms with van der Waals surface area (Å²) in [5, 5.41) is 9.39. The first-order valence-electron chi connectivity index (χ1n) is 8.05. The Morgan fingerprint density at radius 1 is 1.20 bits per heavy atom. The average molecular weight is 347 g/mol. The van der Waals surface area contributed by atoms with Crippen LogP contribution in [-0.2, 0) is 14.3 Å². The van der Waals surface area contributed by atoms with Crippen molar-refractivity contribution in [3.8, 4) is 17.6 Å². The molecule has 134 valence electrons. The molecule has 0 bridgehead atoms. The zero-order valence-electron chi connectivity index (χ0n) is 14.7. The van der Waals surface area contributed by atoms with Crippen molar-refractivity contribution in [1.29, 1.82) is 5.26 Å². The summed E-state index contributed by atoms with van der Waals surface area (Å²) in [5.74, 6) is -1.34. The zero-order valence-corrected chi connectivity index (χ0v) is 14.7. The Bertz CT molecular complexity index is 706. The lowest BCUT2D eigenvalue weighted by Gasteiger charge is -2.32. The van der Waals surface area contributed by atoms with Crippen molar-refractivity contribution in [2.75, 3.05) is 13.2 Å². The van der Waals surface area contributed by atoms with Gasteiger partial charge in [0, 0.05) is 0 Å². The van der Waals surface area contributed by atoms with E-state index in [4.69, 9.17) is 18.9 Å². The van der Waals surface area contributed by atoms with Crippen molar-refractivity contribution in [3.05, 3.63) is 23.8 Å². The van der Waals surface area contributed by atoms with Gasteiger partial charge in [-0.3, -0.25) is 4.79 Å². The molecule has 0 spiro atoms. The van der Waals surface area contributed by atoms with Gasteiger partial charge in [0.05, 0.1) is 30.3 Å². The Morgan fingerprint density at radius 3 is 2.44 bits per heavy atom. The second kappa shape index (κ2) is 7.43. The van der Waals surface area contributed by atoms with Gasteiger partial charge in [0.2, 0.25) is 6.29 Å². The van der Waals surface area contributed by atoms with Crippen LogP contribution < -0.4 is 9.47 Å². The van der Waals surface area contributed by atoms with Crippen LogP contribution in [0.25, 0.3) is 0 Å². The maximum atomic E-state index is 12.0. The van der Waals surface area contributed by atoms with Gasteiger partial charge < -0.3 is 18.9 Å². The number of esters is 2. The SMILES string of the molecule is CCOC(=O)c1ccc2c(c1)OC(C(C)(C)C(C#N)C(=O)OCC)O2. The number of benzene rings is 1. The Hall–Kier alpha value is -2.75. The molecule has 1 aliphatic heterocycles. The number of carbonyl (C=O) groups excluding carboxylic acids is 2. The predicted octanol–water partition coefficient (Wildman–Crippen LogP) is 2.69. The number of carbonyl (C=O) groups is 2. The van der Waals surface area contributed by atoms with Crippen LogP contribution in [0.3, 0.4) is 0 Å². The van der Waals surface area contributed by atoms with Gasteiger partial charge in [-0.05, 0) is 32.0 Å². The summed E-state index contributed by atoms with van der Waals surface area (Å²) >= 11 is 0. The van der Waals surface area contributed by atoms with E-state index >= 15 is 0 Å². The van der Waals surface area contributed by atoms with E-state index in [0.717, 1.165) is 0 Å². The fourth-order valence-corrected chi connectivity index (χ4v) is 2.48. The first-order chi connectivity index (χ1) is 11.8. The van der Waals surface area contributed by atoms with Crippen LogP contribution in [0.4, 0.5) is 0 Å². The third-order valence-corrected chi connectivity index (χ3v) is 3.93. The summed E-state index contributed by atoms with van der Waals surface area (Å²) < 4.78 is 21.4. The maximum absolute atomic E-state index is 12.0. The lowest BCUT2D eigenvalue weighted by Crippen LogP contribution is -2.45. The molecule has 1 aliphatic rings. The van der Waals surface area contributed by atoms with Crippen LogP contribution in [0.15, 0.2) is 18.2 Å². The molecule has 2 rings (SSSR count). The van der Waals surface area contributed by atoms with Gasteiger partial charge in [0.1, 0.15) is 0 Å². The minimum atomic E-state index is -1.06. The second-order valence-corrected chi connectivity index (χ2v) is 6.09. The molecule has 0 radical (unpaired) electrons. The fourth-order valence-electron chi connectivity index (χ4n) is 2.48. The maximum Gasteiger partial charge on any atom is 0.338 e. The van der Waals surface area contributed by atoms with E-state index in [9.17, 15) is 14.9 Å². The number of nitriles is 1. The lowest BCUT2D eigenvalue weighted by molar-refractivity contribution is -0.156. The highest BCUT2D eigenvalue weighted by Gasteiger charge is 2.48. The molecule has 0 N–H and O–H groups in total. The molecule has 0 aromatic heterocycles. The van der Waals surface area contributed by atoms with Gasteiger partial charge >= 0.3 is 11.9 Å². The number of hydrogen-bond donors (Lipinski definition) is 0. The van der Waals surface area contributed by atoms with E-state index in [1.807, 2.05) is 6.07 Å². The smallest absolute Gasteiger partial charge is 0.338 e. The molecule has 25 heavy (non-hydrogen) atoms. The highest BCUT2D eigenvalue weighted by Crippen LogP contribution is 2.43. The molecular formula is C18H21NO6. The summed E-state index contributed by atoms with van der Waals surface area (Å²) in [4.78, 5) is 23.9.